The maximum atomic E-state index is 12.9. The van der Waals surface area contributed by atoms with Gasteiger partial charge in [-0.3, -0.25) is 14.2 Å². The van der Waals surface area contributed by atoms with E-state index in [1.165, 1.54) is 22.2 Å². The predicted molar refractivity (Wildman–Crippen MR) is 111 cm³/mol. The van der Waals surface area contributed by atoms with Gasteiger partial charge in [0.1, 0.15) is 11.4 Å². The van der Waals surface area contributed by atoms with Crippen LogP contribution >= 0.6 is 22.7 Å². The first-order valence-electron chi connectivity index (χ1n) is 9.05. The molecule has 0 radical (unpaired) electrons. The molecule has 6 nitrogen and oxygen atoms in total. The molecule has 27 heavy (non-hydrogen) atoms. The van der Waals surface area contributed by atoms with E-state index in [1.54, 1.807) is 11.3 Å². The molecule has 0 aliphatic heterocycles. The minimum absolute atomic E-state index is 0.0296. The molecule has 1 amide bonds. The summed E-state index contributed by atoms with van der Waals surface area (Å²) in [4.78, 5) is 31.1. The second-order valence-electron chi connectivity index (χ2n) is 6.15. The summed E-state index contributed by atoms with van der Waals surface area (Å²) in [5.41, 5.74) is 0.712. The van der Waals surface area contributed by atoms with Crippen LogP contribution in [0.3, 0.4) is 0 Å². The Morgan fingerprint density at radius 1 is 1.30 bits per heavy atom. The van der Waals surface area contributed by atoms with Crippen molar-refractivity contribution in [2.24, 2.45) is 0 Å². The Morgan fingerprint density at radius 2 is 2.15 bits per heavy atom. The van der Waals surface area contributed by atoms with Crippen LogP contribution in [-0.2, 0) is 16.1 Å². The van der Waals surface area contributed by atoms with E-state index < -0.39 is 0 Å². The standard InChI is InChI=1S/C19H23N3O3S2/c1-2-3-8-25-9-5-7-20-16(23)11-22-13-21-18-17(19(22)24)14(12-27-18)15-6-4-10-26-15/h4,6,10,12-13H,2-3,5,7-9,11H2,1H3,(H,20,23). The maximum absolute atomic E-state index is 12.9. The van der Waals surface area contributed by atoms with Gasteiger partial charge < -0.3 is 10.1 Å². The average molecular weight is 406 g/mol. The van der Waals surface area contributed by atoms with Crippen LogP contribution < -0.4 is 10.9 Å². The Balaban J connectivity index is 1.60. The van der Waals surface area contributed by atoms with Crippen LogP contribution in [0.2, 0.25) is 0 Å². The molecule has 3 rings (SSSR count). The van der Waals surface area contributed by atoms with Crippen LogP contribution in [0.5, 0.6) is 0 Å². The highest BCUT2D eigenvalue weighted by Gasteiger charge is 2.15. The van der Waals surface area contributed by atoms with Crippen molar-refractivity contribution in [2.75, 3.05) is 19.8 Å². The number of hydrogen-bond acceptors (Lipinski definition) is 6. The van der Waals surface area contributed by atoms with E-state index in [4.69, 9.17) is 4.74 Å². The topological polar surface area (TPSA) is 73.2 Å². The first kappa shape index (κ1) is 19.7. The van der Waals surface area contributed by atoms with E-state index >= 15 is 0 Å². The number of carbonyl (C=O) groups excluding carboxylic acids is 1. The number of aromatic nitrogens is 2. The number of rotatable bonds is 10. The number of amides is 1. The molecule has 0 atom stereocenters. The third-order valence-electron chi connectivity index (χ3n) is 4.09. The largest absolute Gasteiger partial charge is 0.381 e. The number of nitrogens with one attached hydrogen (secondary N) is 1. The zero-order valence-electron chi connectivity index (χ0n) is 15.3. The molecule has 0 saturated carbocycles. The van der Waals surface area contributed by atoms with Crippen molar-refractivity contribution in [3.63, 3.8) is 0 Å². The van der Waals surface area contributed by atoms with Gasteiger partial charge in [0, 0.05) is 35.6 Å². The molecule has 0 unspecified atom stereocenters. The summed E-state index contributed by atoms with van der Waals surface area (Å²) >= 11 is 3.03. The third kappa shape index (κ3) is 5.03. The van der Waals surface area contributed by atoms with Crippen LogP contribution in [0.25, 0.3) is 20.7 Å². The zero-order valence-corrected chi connectivity index (χ0v) is 16.9. The molecule has 0 bridgehead atoms. The Bertz CT molecular complexity index is 931. The number of fused-ring (bicyclic) bond motifs is 1. The van der Waals surface area contributed by atoms with E-state index in [1.807, 2.05) is 22.9 Å². The summed E-state index contributed by atoms with van der Waals surface area (Å²) in [6, 6.07) is 3.94. The van der Waals surface area contributed by atoms with E-state index in [-0.39, 0.29) is 18.0 Å². The van der Waals surface area contributed by atoms with E-state index in [0.717, 1.165) is 36.3 Å². The smallest absolute Gasteiger partial charge is 0.263 e. The molecule has 0 spiro atoms. The van der Waals surface area contributed by atoms with Crippen molar-refractivity contribution in [3.8, 4) is 10.4 Å². The van der Waals surface area contributed by atoms with E-state index in [2.05, 4.69) is 17.2 Å². The molecule has 0 aromatic carbocycles. The van der Waals surface area contributed by atoms with Gasteiger partial charge in [0.2, 0.25) is 5.91 Å². The number of unbranched alkanes of at least 4 members (excludes halogenated alkanes) is 1. The molecule has 3 aromatic rings. The SMILES string of the molecule is CCCCOCCCNC(=O)Cn1cnc2scc(-c3cccs3)c2c1=O. The Kier molecular flexibility index (Phi) is 7.14. The molecule has 3 aromatic heterocycles. The third-order valence-corrected chi connectivity index (χ3v) is 5.88. The summed E-state index contributed by atoms with van der Waals surface area (Å²) in [5, 5.41) is 7.35. The van der Waals surface area contributed by atoms with Crippen molar-refractivity contribution in [2.45, 2.75) is 32.7 Å². The highest BCUT2D eigenvalue weighted by molar-refractivity contribution is 7.18. The summed E-state index contributed by atoms with van der Waals surface area (Å²) in [6.45, 7) is 4.02. The normalized spacial score (nSPS) is 11.1. The summed E-state index contributed by atoms with van der Waals surface area (Å²) < 4.78 is 6.84. The van der Waals surface area contributed by atoms with Crippen molar-refractivity contribution in [1.29, 1.82) is 0 Å². The molecule has 1 N–H and O–H groups in total. The predicted octanol–water partition coefficient (Wildman–Crippen LogP) is 3.51. The van der Waals surface area contributed by atoms with Crippen molar-refractivity contribution >= 4 is 38.8 Å². The van der Waals surface area contributed by atoms with Gasteiger partial charge >= 0.3 is 0 Å². The minimum atomic E-state index is -0.195. The average Bonchev–Trinajstić information content (AvgIpc) is 3.32. The van der Waals surface area contributed by atoms with Crippen LogP contribution in [-0.4, -0.2) is 35.2 Å². The molecular formula is C19H23N3O3S2. The lowest BCUT2D eigenvalue weighted by molar-refractivity contribution is -0.121. The van der Waals surface area contributed by atoms with Gasteiger partial charge in [-0.25, -0.2) is 4.98 Å². The second-order valence-corrected chi connectivity index (χ2v) is 7.96. The number of nitrogens with zero attached hydrogens (tertiary/aromatic N) is 2. The molecule has 0 saturated heterocycles. The lowest BCUT2D eigenvalue weighted by Gasteiger charge is -2.08. The fourth-order valence-electron chi connectivity index (χ4n) is 2.65. The molecule has 8 heteroatoms. The van der Waals surface area contributed by atoms with Crippen LogP contribution in [0.4, 0.5) is 0 Å². The highest BCUT2D eigenvalue weighted by atomic mass is 32.1. The fourth-order valence-corrected chi connectivity index (χ4v) is 4.38. The summed E-state index contributed by atoms with van der Waals surface area (Å²) in [6.07, 6.45) is 4.38. The van der Waals surface area contributed by atoms with Crippen molar-refractivity contribution < 1.29 is 9.53 Å². The van der Waals surface area contributed by atoms with E-state index in [9.17, 15) is 9.59 Å². The van der Waals surface area contributed by atoms with Crippen molar-refractivity contribution in [3.05, 3.63) is 39.6 Å². The van der Waals surface area contributed by atoms with Crippen LogP contribution in [0.1, 0.15) is 26.2 Å². The maximum Gasteiger partial charge on any atom is 0.263 e. The van der Waals surface area contributed by atoms with Gasteiger partial charge in [0.15, 0.2) is 0 Å². The van der Waals surface area contributed by atoms with Gasteiger partial charge in [-0.05, 0) is 24.3 Å². The molecule has 3 heterocycles. The van der Waals surface area contributed by atoms with Crippen molar-refractivity contribution in [1.82, 2.24) is 14.9 Å². The van der Waals surface area contributed by atoms with Gasteiger partial charge in [-0.15, -0.1) is 22.7 Å². The van der Waals surface area contributed by atoms with Crippen LogP contribution in [0, 0.1) is 0 Å². The van der Waals surface area contributed by atoms with Gasteiger partial charge in [-0.2, -0.15) is 0 Å². The first-order valence-corrected chi connectivity index (χ1v) is 10.8. The minimum Gasteiger partial charge on any atom is -0.381 e. The number of thiophene rings is 2. The zero-order chi connectivity index (χ0) is 19.1. The first-order chi connectivity index (χ1) is 13.2. The molecule has 0 aliphatic rings. The summed E-state index contributed by atoms with van der Waals surface area (Å²) in [5.74, 6) is -0.195. The highest BCUT2D eigenvalue weighted by Crippen LogP contribution is 2.33. The quantitative estimate of drug-likeness (QED) is 0.524. The molecule has 144 valence electrons. The molecule has 0 aliphatic carbocycles. The summed E-state index contributed by atoms with van der Waals surface area (Å²) in [7, 11) is 0. The van der Waals surface area contributed by atoms with Crippen LogP contribution in [0.15, 0.2) is 34.0 Å². The van der Waals surface area contributed by atoms with Gasteiger partial charge in [-0.1, -0.05) is 19.4 Å². The molecular weight excluding hydrogens is 382 g/mol. The second kappa shape index (κ2) is 9.77. The number of hydrogen-bond donors (Lipinski definition) is 1. The lowest BCUT2D eigenvalue weighted by atomic mass is 10.2. The Hall–Kier alpha value is -2.03. The molecule has 0 fully saturated rings. The van der Waals surface area contributed by atoms with Gasteiger partial charge in [0.05, 0.1) is 11.7 Å². The van der Waals surface area contributed by atoms with E-state index in [0.29, 0.717) is 23.4 Å². The monoisotopic (exact) mass is 405 g/mol. The Labute approximate surface area is 165 Å². The number of ether oxygens (including phenoxy) is 1. The lowest BCUT2D eigenvalue weighted by Crippen LogP contribution is -2.33. The Morgan fingerprint density at radius 3 is 2.93 bits per heavy atom. The number of carbonyl (C=O) groups is 1. The fraction of sp³-hybridized carbons (Fsp3) is 0.421. The van der Waals surface area contributed by atoms with Gasteiger partial charge in [0.25, 0.3) is 5.56 Å².